The van der Waals surface area contributed by atoms with E-state index in [0.29, 0.717) is 6.61 Å². The van der Waals surface area contributed by atoms with Crippen LogP contribution >= 0.6 is 11.3 Å². The molecule has 34 heavy (non-hydrogen) atoms. The number of rotatable bonds is 6. The molecule has 0 atom stereocenters. The zero-order valence-corrected chi connectivity index (χ0v) is 22.5. The van der Waals surface area contributed by atoms with Crippen LogP contribution < -0.4 is 10.4 Å². The van der Waals surface area contributed by atoms with Crippen molar-refractivity contribution in [1.82, 2.24) is 0 Å². The first-order chi connectivity index (χ1) is 16.3. The minimum atomic E-state index is -1.85. The number of hydrogen-bond acceptors (Lipinski definition) is 3. The van der Waals surface area contributed by atoms with Crippen LogP contribution in [0.2, 0.25) is 0 Å². The third-order valence-electron chi connectivity index (χ3n) is 6.37. The van der Waals surface area contributed by atoms with E-state index in [2.05, 4.69) is 113 Å². The maximum Gasteiger partial charge on any atom is 0.240 e. The lowest BCUT2D eigenvalue weighted by molar-refractivity contribution is 0.320. The largest absolute Gasteiger partial charge is 0.407 e. The molecule has 0 unspecified atom stereocenters. The molecule has 0 amide bonds. The van der Waals surface area contributed by atoms with E-state index in [9.17, 15) is 5.26 Å². The van der Waals surface area contributed by atoms with Gasteiger partial charge in [0.1, 0.15) is 10.9 Å². The van der Waals surface area contributed by atoms with Gasteiger partial charge in [-0.05, 0) is 75.0 Å². The molecule has 4 rings (SSSR count). The first-order valence-electron chi connectivity index (χ1n) is 11.6. The Labute approximate surface area is 209 Å². The first-order valence-corrected chi connectivity index (χ1v) is 14.1. The summed E-state index contributed by atoms with van der Waals surface area (Å²) in [5.41, 5.74) is 7.24. The molecule has 0 radical (unpaired) electrons. The van der Waals surface area contributed by atoms with Crippen molar-refractivity contribution in [2.24, 2.45) is 0 Å². The minimum absolute atomic E-state index is 0.0164. The van der Waals surface area contributed by atoms with Gasteiger partial charge in [0.05, 0.1) is 6.61 Å². The standard InChI is InChI=1S/C30H31NOSSi/c1-21-23(20-32-34(24-12-8-6-9-13-24)25-14-10-7-11-15-25)18-27(22(2)29(21)30(3,4)5)26-16-17-33-28(26)19-31/h6-18,34H,20H2,1-5H3. The zero-order chi connectivity index (χ0) is 24.3. The Hall–Kier alpha value is -2.97. The summed E-state index contributed by atoms with van der Waals surface area (Å²) in [6.07, 6.45) is 0. The molecule has 0 aliphatic carbocycles. The van der Waals surface area contributed by atoms with Crippen molar-refractivity contribution in [1.29, 1.82) is 5.26 Å². The van der Waals surface area contributed by atoms with Gasteiger partial charge in [-0.25, -0.2) is 0 Å². The fourth-order valence-corrected chi connectivity index (χ4v) is 7.90. The molecule has 0 aliphatic rings. The van der Waals surface area contributed by atoms with Crippen LogP contribution in [0.25, 0.3) is 11.1 Å². The van der Waals surface area contributed by atoms with Crippen molar-refractivity contribution in [2.45, 2.75) is 46.6 Å². The van der Waals surface area contributed by atoms with E-state index < -0.39 is 9.04 Å². The summed E-state index contributed by atoms with van der Waals surface area (Å²) in [7, 11) is -1.85. The van der Waals surface area contributed by atoms with Crippen molar-refractivity contribution >= 4 is 30.8 Å². The van der Waals surface area contributed by atoms with Gasteiger partial charge < -0.3 is 4.43 Å². The Morgan fingerprint density at radius 3 is 1.97 bits per heavy atom. The number of nitrogens with zero attached hydrogens (tertiary/aromatic N) is 1. The molecule has 4 aromatic rings. The van der Waals surface area contributed by atoms with Gasteiger partial charge in [-0.15, -0.1) is 11.3 Å². The molecule has 4 heteroatoms. The van der Waals surface area contributed by atoms with Crippen LogP contribution in [0, 0.1) is 25.2 Å². The van der Waals surface area contributed by atoms with Gasteiger partial charge in [0, 0.05) is 5.56 Å². The summed E-state index contributed by atoms with van der Waals surface area (Å²) in [4.78, 5) is 0.763. The average Bonchev–Trinajstić information content (AvgIpc) is 3.30. The van der Waals surface area contributed by atoms with Gasteiger partial charge in [0.15, 0.2) is 0 Å². The lowest BCUT2D eigenvalue weighted by atomic mass is 9.77. The molecular weight excluding hydrogens is 450 g/mol. The maximum atomic E-state index is 9.68. The molecule has 0 spiro atoms. The van der Waals surface area contributed by atoms with Crippen molar-refractivity contribution in [3.63, 3.8) is 0 Å². The molecule has 3 aromatic carbocycles. The Morgan fingerprint density at radius 2 is 1.44 bits per heavy atom. The van der Waals surface area contributed by atoms with Gasteiger partial charge in [-0.1, -0.05) is 81.4 Å². The molecule has 1 heterocycles. The number of benzene rings is 3. The minimum Gasteiger partial charge on any atom is -0.407 e. The van der Waals surface area contributed by atoms with E-state index in [1.165, 1.54) is 44.0 Å². The Bertz CT molecular complexity index is 1270. The molecule has 0 saturated heterocycles. The zero-order valence-electron chi connectivity index (χ0n) is 20.6. The second kappa shape index (κ2) is 10.1. The first kappa shape index (κ1) is 24.2. The van der Waals surface area contributed by atoms with Crippen molar-refractivity contribution < 1.29 is 4.43 Å². The topological polar surface area (TPSA) is 33.0 Å². The van der Waals surface area contributed by atoms with Crippen LogP contribution in [0.15, 0.2) is 78.2 Å². The normalized spacial score (nSPS) is 11.6. The summed E-state index contributed by atoms with van der Waals surface area (Å²) in [5, 5.41) is 14.2. The Balaban J connectivity index is 1.79. The molecule has 0 aliphatic heterocycles. The number of thiophene rings is 1. The molecular formula is C30H31NOSSi. The fourth-order valence-electron chi connectivity index (χ4n) is 4.94. The van der Waals surface area contributed by atoms with Crippen LogP contribution in [0.1, 0.15) is 47.9 Å². The molecule has 2 nitrogen and oxygen atoms in total. The van der Waals surface area contributed by atoms with Crippen LogP contribution in [-0.2, 0) is 16.4 Å². The third-order valence-corrected chi connectivity index (χ3v) is 9.67. The van der Waals surface area contributed by atoms with Gasteiger partial charge >= 0.3 is 0 Å². The van der Waals surface area contributed by atoms with Crippen molar-refractivity contribution in [2.75, 3.05) is 0 Å². The molecule has 1 aromatic heterocycles. The predicted molar refractivity (Wildman–Crippen MR) is 147 cm³/mol. The van der Waals surface area contributed by atoms with Crippen molar-refractivity contribution in [3.8, 4) is 17.2 Å². The van der Waals surface area contributed by atoms with E-state index in [1.807, 2.05) is 5.38 Å². The van der Waals surface area contributed by atoms with E-state index in [0.717, 1.165) is 16.0 Å². The molecule has 0 fully saturated rings. The van der Waals surface area contributed by atoms with E-state index in [1.54, 1.807) is 0 Å². The fraction of sp³-hybridized carbons (Fsp3) is 0.233. The van der Waals surface area contributed by atoms with Crippen LogP contribution in [0.5, 0.6) is 0 Å². The summed E-state index contributed by atoms with van der Waals surface area (Å²) in [5.74, 6) is 0. The van der Waals surface area contributed by atoms with Gasteiger partial charge in [0.25, 0.3) is 0 Å². The van der Waals surface area contributed by atoms with E-state index in [-0.39, 0.29) is 5.41 Å². The summed E-state index contributed by atoms with van der Waals surface area (Å²) < 4.78 is 6.79. The number of hydrogen-bond donors (Lipinski definition) is 0. The highest BCUT2D eigenvalue weighted by molar-refractivity contribution is 7.11. The van der Waals surface area contributed by atoms with Gasteiger partial charge in [-0.2, -0.15) is 5.26 Å². The predicted octanol–water partition coefficient (Wildman–Crippen LogP) is 6.26. The van der Waals surface area contributed by atoms with Crippen LogP contribution in [0.3, 0.4) is 0 Å². The smallest absolute Gasteiger partial charge is 0.240 e. The second-order valence-corrected chi connectivity index (χ2v) is 13.1. The monoisotopic (exact) mass is 481 g/mol. The summed E-state index contributed by atoms with van der Waals surface area (Å²) in [6.45, 7) is 11.8. The SMILES string of the molecule is Cc1c(CO[SiH](c2ccccc2)c2ccccc2)cc(-c2ccsc2C#N)c(C)c1C(C)(C)C. The number of nitriles is 1. The highest BCUT2D eigenvalue weighted by Gasteiger charge is 2.25. The highest BCUT2D eigenvalue weighted by Crippen LogP contribution is 2.39. The molecule has 0 saturated carbocycles. The van der Waals surface area contributed by atoms with Gasteiger partial charge in [0.2, 0.25) is 9.04 Å². The molecule has 172 valence electrons. The Kier molecular flexibility index (Phi) is 7.18. The Morgan fingerprint density at radius 1 is 0.853 bits per heavy atom. The van der Waals surface area contributed by atoms with Crippen LogP contribution in [-0.4, -0.2) is 9.04 Å². The van der Waals surface area contributed by atoms with E-state index in [4.69, 9.17) is 4.43 Å². The molecule has 0 N–H and O–H groups in total. The molecule has 0 bridgehead atoms. The van der Waals surface area contributed by atoms with Crippen molar-refractivity contribution in [3.05, 3.63) is 105 Å². The lowest BCUT2D eigenvalue weighted by Crippen LogP contribution is -2.44. The maximum absolute atomic E-state index is 9.68. The summed E-state index contributed by atoms with van der Waals surface area (Å²) >= 11 is 1.50. The average molecular weight is 482 g/mol. The summed E-state index contributed by atoms with van der Waals surface area (Å²) in [6, 6.07) is 27.9. The van der Waals surface area contributed by atoms with Crippen LogP contribution in [0.4, 0.5) is 0 Å². The second-order valence-electron chi connectivity index (χ2n) is 9.75. The lowest BCUT2D eigenvalue weighted by Gasteiger charge is -2.29. The van der Waals surface area contributed by atoms with E-state index >= 15 is 0 Å². The highest BCUT2D eigenvalue weighted by atomic mass is 32.1. The third kappa shape index (κ3) is 4.93. The van der Waals surface area contributed by atoms with Gasteiger partial charge in [-0.3, -0.25) is 0 Å². The quantitative estimate of drug-likeness (QED) is 0.305.